The van der Waals surface area contributed by atoms with Gasteiger partial charge in [0.15, 0.2) is 0 Å². The maximum absolute atomic E-state index is 11.8. The number of hydrogen-bond acceptors (Lipinski definition) is 4. The molecule has 0 atom stereocenters. The quantitative estimate of drug-likeness (QED) is 0.807. The van der Waals surface area contributed by atoms with Crippen LogP contribution in [0.2, 0.25) is 0 Å². The number of aromatic nitrogens is 1. The lowest BCUT2D eigenvalue weighted by Crippen LogP contribution is -2.39. The number of pyridine rings is 1. The van der Waals surface area contributed by atoms with Crippen LogP contribution >= 0.6 is 0 Å². The molecule has 0 aromatic carbocycles. The van der Waals surface area contributed by atoms with E-state index in [2.05, 4.69) is 15.6 Å². The Bertz CT molecular complexity index is 457. The van der Waals surface area contributed by atoms with Crippen LogP contribution in [-0.2, 0) is 11.3 Å². The van der Waals surface area contributed by atoms with Gasteiger partial charge < -0.3 is 15.4 Å². The molecule has 1 aliphatic rings. The summed E-state index contributed by atoms with van der Waals surface area (Å²) in [7, 11) is 0. The summed E-state index contributed by atoms with van der Waals surface area (Å²) in [5.74, 6) is 0.702. The zero-order valence-electron chi connectivity index (χ0n) is 12.9. The summed E-state index contributed by atoms with van der Waals surface area (Å²) >= 11 is 0. The van der Waals surface area contributed by atoms with Gasteiger partial charge in [-0.2, -0.15) is 0 Å². The minimum absolute atomic E-state index is 0.0668. The van der Waals surface area contributed by atoms with Gasteiger partial charge in [0, 0.05) is 24.3 Å². The van der Waals surface area contributed by atoms with E-state index in [0.717, 1.165) is 18.4 Å². The molecular formula is C16H25N3O2. The average molecular weight is 291 g/mol. The maximum atomic E-state index is 11.8. The number of nitrogens with one attached hydrogen (secondary N) is 2. The molecule has 1 fully saturated rings. The second-order valence-electron chi connectivity index (χ2n) is 5.79. The molecule has 2 N–H and O–H groups in total. The lowest BCUT2D eigenvalue weighted by atomic mass is 10.2. The van der Waals surface area contributed by atoms with Crippen molar-refractivity contribution in [1.29, 1.82) is 0 Å². The molecule has 116 valence electrons. The van der Waals surface area contributed by atoms with Gasteiger partial charge >= 0.3 is 0 Å². The highest BCUT2D eigenvalue weighted by molar-refractivity contribution is 5.78. The van der Waals surface area contributed by atoms with Gasteiger partial charge in [0.25, 0.3) is 0 Å². The summed E-state index contributed by atoms with van der Waals surface area (Å²) in [5, 5.41) is 6.22. The van der Waals surface area contributed by atoms with Crippen molar-refractivity contribution in [2.45, 2.75) is 58.2 Å². The second-order valence-corrected chi connectivity index (χ2v) is 5.79. The number of hydrogen-bond donors (Lipinski definition) is 2. The van der Waals surface area contributed by atoms with Crippen molar-refractivity contribution >= 4 is 5.91 Å². The molecule has 2 rings (SSSR count). The van der Waals surface area contributed by atoms with E-state index in [0.29, 0.717) is 25.0 Å². The molecule has 1 saturated carbocycles. The van der Waals surface area contributed by atoms with Crippen molar-refractivity contribution in [2.75, 3.05) is 6.54 Å². The molecule has 0 radical (unpaired) electrons. The third-order valence-electron chi connectivity index (χ3n) is 3.52. The second kappa shape index (κ2) is 7.98. The molecule has 0 saturated heterocycles. The molecular weight excluding hydrogens is 266 g/mol. The van der Waals surface area contributed by atoms with E-state index in [9.17, 15) is 4.79 Å². The van der Waals surface area contributed by atoms with E-state index < -0.39 is 0 Å². The van der Waals surface area contributed by atoms with E-state index in [1.54, 1.807) is 6.20 Å². The van der Waals surface area contributed by atoms with Gasteiger partial charge in [0.2, 0.25) is 11.8 Å². The monoisotopic (exact) mass is 291 g/mol. The Morgan fingerprint density at radius 1 is 1.43 bits per heavy atom. The summed E-state index contributed by atoms with van der Waals surface area (Å²) < 4.78 is 5.66. The van der Waals surface area contributed by atoms with Gasteiger partial charge in [-0.3, -0.25) is 4.79 Å². The summed E-state index contributed by atoms with van der Waals surface area (Å²) in [5.41, 5.74) is 0.972. The fourth-order valence-corrected chi connectivity index (χ4v) is 2.55. The Balaban J connectivity index is 1.76. The SMILES string of the molecule is CC(C)Oc1ncccc1CNCC(=O)NC1CCCC1. The van der Waals surface area contributed by atoms with Gasteiger partial charge in [0.05, 0.1) is 12.6 Å². The number of carbonyl (C=O) groups excluding carboxylic acids is 1. The van der Waals surface area contributed by atoms with E-state index >= 15 is 0 Å². The van der Waals surface area contributed by atoms with Crippen LogP contribution in [-0.4, -0.2) is 29.6 Å². The molecule has 1 aromatic heterocycles. The highest BCUT2D eigenvalue weighted by Crippen LogP contribution is 2.17. The third-order valence-corrected chi connectivity index (χ3v) is 3.52. The van der Waals surface area contributed by atoms with Crippen LogP contribution in [0.25, 0.3) is 0 Å². The number of rotatable bonds is 7. The van der Waals surface area contributed by atoms with E-state index in [-0.39, 0.29) is 12.0 Å². The van der Waals surface area contributed by atoms with Crippen LogP contribution in [0, 0.1) is 0 Å². The molecule has 1 aliphatic carbocycles. The first kappa shape index (κ1) is 15.8. The number of carbonyl (C=O) groups is 1. The Morgan fingerprint density at radius 3 is 2.90 bits per heavy atom. The zero-order valence-corrected chi connectivity index (χ0v) is 12.9. The van der Waals surface area contributed by atoms with E-state index in [1.807, 2.05) is 26.0 Å². The van der Waals surface area contributed by atoms with Crippen LogP contribution < -0.4 is 15.4 Å². The highest BCUT2D eigenvalue weighted by Gasteiger charge is 2.16. The molecule has 5 heteroatoms. The predicted molar refractivity (Wildman–Crippen MR) is 82.1 cm³/mol. The molecule has 21 heavy (non-hydrogen) atoms. The topological polar surface area (TPSA) is 63.2 Å². The standard InChI is InChI=1S/C16H25N3O2/c1-12(2)21-16-13(6-5-9-18-16)10-17-11-15(20)19-14-7-3-4-8-14/h5-6,9,12,14,17H,3-4,7-8,10-11H2,1-2H3,(H,19,20). The fraction of sp³-hybridized carbons (Fsp3) is 0.625. The molecule has 0 aliphatic heterocycles. The molecule has 1 amide bonds. The Hall–Kier alpha value is -1.62. The van der Waals surface area contributed by atoms with Crippen LogP contribution in [0.15, 0.2) is 18.3 Å². The molecule has 1 aromatic rings. The smallest absolute Gasteiger partial charge is 0.234 e. The number of ether oxygens (including phenoxy) is 1. The molecule has 0 spiro atoms. The van der Waals surface area contributed by atoms with Crippen molar-refractivity contribution < 1.29 is 9.53 Å². The highest BCUT2D eigenvalue weighted by atomic mass is 16.5. The lowest BCUT2D eigenvalue weighted by molar-refractivity contribution is -0.120. The van der Waals surface area contributed by atoms with Crippen molar-refractivity contribution in [3.05, 3.63) is 23.9 Å². The van der Waals surface area contributed by atoms with E-state index in [1.165, 1.54) is 12.8 Å². The first-order chi connectivity index (χ1) is 10.1. The van der Waals surface area contributed by atoms with Crippen LogP contribution in [0.3, 0.4) is 0 Å². The lowest BCUT2D eigenvalue weighted by Gasteiger charge is -2.14. The average Bonchev–Trinajstić information content (AvgIpc) is 2.93. The molecule has 0 unspecified atom stereocenters. The minimum Gasteiger partial charge on any atom is -0.475 e. The molecule has 5 nitrogen and oxygen atoms in total. The van der Waals surface area contributed by atoms with Crippen LogP contribution in [0.5, 0.6) is 5.88 Å². The summed E-state index contributed by atoms with van der Waals surface area (Å²) in [6.07, 6.45) is 6.48. The van der Waals surface area contributed by atoms with Crippen LogP contribution in [0.1, 0.15) is 45.1 Å². The first-order valence-corrected chi connectivity index (χ1v) is 7.76. The predicted octanol–water partition coefficient (Wildman–Crippen LogP) is 2.02. The number of amides is 1. The van der Waals surface area contributed by atoms with Gasteiger partial charge in [-0.25, -0.2) is 4.98 Å². The van der Waals surface area contributed by atoms with Gasteiger partial charge in [-0.05, 0) is 32.8 Å². The van der Waals surface area contributed by atoms with Crippen molar-refractivity contribution in [3.8, 4) is 5.88 Å². The maximum Gasteiger partial charge on any atom is 0.234 e. The Morgan fingerprint density at radius 2 is 2.19 bits per heavy atom. The number of nitrogens with zero attached hydrogens (tertiary/aromatic N) is 1. The summed E-state index contributed by atoms with van der Waals surface area (Å²) in [6.45, 7) is 4.85. The summed E-state index contributed by atoms with van der Waals surface area (Å²) in [6, 6.07) is 4.22. The Labute approximate surface area is 126 Å². The minimum atomic E-state index is 0.0668. The van der Waals surface area contributed by atoms with Gasteiger partial charge in [-0.15, -0.1) is 0 Å². The normalized spacial score (nSPS) is 15.4. The van der Waals surface area contributed by atoms with Gasteiger partial charge in [0.1, 0.15) is 0 Å². The van der Waals surface area contributed by atoms with Crippen molar-refractivity contribution in [2.24, 2.45) is 0 Å². The molecule has 0 bridgehead atoms. The first-order valence-electron chi connectivity index (χ1n) is 7.76. The van der Waals surface area contributed by atoms with Crippen LogP contribution in [0.4, 0.5) is 0 Å². The summed E-state index contributed by atoms with van der Waals surface area (Å²) in [4.78, 5) is 16.1. The third kappa shape index (κ3) is 5.34. The van der Waals surface area contributed by atoms with E-state index in [4.69, 9.17) is 4.74 Å². The zero-order chi connectivity index (χ0) is 15.1. The largest absolute Gasteiger partial charge is 0.475 e. The molecule has 1 heterocycles. The van der Waals surface area contributed by atoms with Crippen molar-refractivity contribution in [3.63, 3.8) is 0 Å². The van der Waals surface area contributed by atoms with Crippen molar-refractivity contribution in [1.82, 2.24) is 15.6 Å². The Kier molecular flexibility index (Phi) is 5.99. The fourth-order valence-electron chi connectivity index (χ4n) is 2.55. The van der Waals surface area contributed by atoms with Gasteiger partial charge in [-0.1, -0.05) is 18.9 Å².